The molecule has 3 unspecified atom stereocenters. The first-order valence-electron chi connectivity index (χ1n) is 6.16. The van der Waals surface area contributed by atoms with Crippen molar-refractivity contribution in [1.82, 2.24) is 5.32 Å². The lowest BCUT2D eigenvalue weighted by Crippen LogP contribution is -2.41. The van der Waals surface area contributed by atoms with E-state index in [4.69, 9.17) is 5.73 Å². The third-order valence-corrected chi connectivity index (χ3v) is 3.78. The maximum absolute atomic E-state index is 12.0. The molecule has 1 aromatic rings. The van der Waals surface area contributed by atoms with Gasteiger partial charge in [-0.2, -0.15) is 11.8 Å². The summed E-state index contributed by atoms with van der Waals surface area (Å²) in [5, 5.41) is 2.99. The van der Waals surface area contributed by atoms with Gasteiger partial charge in [0, 0.05) is 17.8 Å². The fraction of sp³-hybridized carbons (Fsp3) is 0.500. The first-order valence-corrected chi connectivity index (χ1v) is 7.55. The maximum atomic E-state index is 12.0. The van der Waals surface area contributed by atoms with Crippen molar-refractivity contribution in [2.24, 2.45) is 11.7 Å². The van der Waals surface area contributed by atoms with Crippen molar-refractivity contribution in [1.29, 1.82) is 0 Å². The number of nitrogens with two attached hydrogens (primary N) is 1. The number of carbonyl (C=O) groups excluding carboxylic acids is 1. The van der Waals surface area contributed by atoms with Crippen LogP contribution in [0.2, 0.25) is 0 Å². The number of halogens is 1. The van der Waals surface area contributed by atoms with E-state index in [0.717, 1.165) is 11.3 Å². The molecule has 3 atom stereocenters. The summed E-state index contributed by atoms with van der Waals surface area (Å²) >= 11 is 1.72. The minimum absolute atomic E-state index is 0. The molecule has 0 bridgehead atoms. The van der Waals surface area contributed by atoms with E-state index in [1.54, 1.807) is 11.8 Å². The van der Waals surface area contributed by atoms with Gasteiger partial charge in [0.1, 0.15) is 0 Å². The quantitative estimate of drug-likeness (QED) is 0.849. The number of amides is 1. The fourth-order valence-corrected chi connectivity index (χ4v) is 2.38. The van der Waals surface area contributed by atoms with Gasteiger partial charge in [-0.3, -0.25) is 4.79 Å². The Morgan fingerprint density at radius 1 is 1.32 bits per heavy atom. The standard InChI is InChI=1S/C14H22N2OS.ClH/c1-10(9-18-3)16-14(17)11(2)13(15)12-7-5-4-6-8-12;/h4-8,10-11,13H,9,15H2,1-3H3,(H,16,17);1H. The molecule has 19 heavy (non-hydrogen) atoms. The highest BCUT2D eigenvalue weighted by molar-refractivity contribution is 7.98. The summed E-state index contributed by atoms with van der Waals surface area (Å²) < 4.78 is 0. The average Bonchev–Trinajstić information content (AvgIpc) is 2.38. The topological polar surface area (TPSA) is 55.1 Å². The van der Waals surface area contributed by atoms with E-state index in [0.29, 0.717) is 0 Å². The second kappa shape index (κ2) is 9.23. The van der Waals surface area contributed by atoms with E-state index in [-0.39, 0.29) is 36.3 Å². The largest absolute Gasteiger partial charge is 0.353 e. The van der Waals surface area contributed by atoms with E-state index in [1.165, 1.54) is 0 Å². The Kier molecular flexibility index (Phi) is 8.89. The van der Waals surface area contributed by atoms with Crippen LogP contribution in [0.3, 0.4) is 0 Å². The van der Waals surface area contributed by atoms with Crippen LogP contribution < -0.4 is 11.1 Å². The fourth-order valence-electron chi connectivity index (χ4n) is 1.79. The summed E-state index contributed by atoms with van der Waals surface area (Å²) in [6, 6.07) is 9.67. The van der Waals surface area contributed by atoms with Gasteiger partial charge < -0.3 is 11.1 Å². The Bertz CT molecular complexity index is 375. The van der Waals surface area contributed by atoms with Crippen LogP contribution >= 0.6 is 24.2 Å². The van der Waals surface area contributed by atoms with Gasteiger partial charge in [-0.05, 0) is 18.7 Å². The van der Waals surface area contributed by atoms with Gasteiger partial charge in [0.25, 0.3) is 0 Å². The maximum Gasteiger partial charge on any atom is 0.224 e. The van der Waals surface area contributed by atoms with Crippen molar-refractivity contribution in [3.63, 3.8) is 0 Å². The van der Waals surface area contributed by atoms with Crippen molar-refractivity contribution < 1.29 is 4.79 Å². The molecule has 0 aliphatic rings. The van der Waals surface area contributed by atoms with E-state index in [1.807, 2.05) is 50.4 Å². The molecule has 5 heteroatoms. The molecule has 0 saturated carbocycles. The van der Waals surface area contributed by atoms with Gasteiger partial charge in [0.2, 0.25) is 5.91 Å². The predicted octanol–water partition coefficient (Wildman–Crippen LogP) is 2.61. The summed E-state index contributed by atoms with van der Waals surface area (Å²) in [6.45, 7) is 3.88. The van der Waals surface area contributed by atoms with Crippen LogP contribution in [0.25, 0.3) is 0 Å². The van der Waals surface area contributed by atoms with Crippen LogP contribution in [0, 0.1) is 5.92 Å². The number of hydrogen-bond acceptors (Lipinski definition) is 3. The molecule has 0 saturated heterocycles. The number of rotatable bonds is 6. The lowest BCUT2D eigenvalue weighted by Gasteiger charge is -2.22. The molecule has 0 aliphatic heterocycles. The Balaban J connectivity index is 0.00000324. The predicted molar refractivity (Wildman–Crippen MR) is 85.8 cm³/mol. The van der Waals surface area contributed by atoms with Crippen LogP contribution in [-0.4, -0.2) is 24.0 Å². The summed E-state index contributed by atoms with van der Waals surface area (Å²) in [5.41, 5.74) is 7.12. The molecule has 0 heterocycles. The summed E-state index contributed by atoms with van der Waals surface area (Å²) in [4.78, 5) is 12.0. The van der Waals surface area contributed by atoms with Gasteiger partial charge >= 0.3 is 0 Å². The highest BCUT2D eigenvalue weighted by Crippen LogP contribution is 2.19. The van der Waals surface area contributed by atoms with Gasteiger partial charge in [-0.25, -0.2) is 0 Å². The number of benzene rings is 1. The Labute approximate surface area is 126 Å². The molecular weight excluding hydrogens is 280 g/mol. The first kappa shape index (κ1) is 18.3. The van der Waals surface area contributed by atoms with Crippen LogP contribution in [0.5, 0.6) is 0 Å². The number of nitrogens with one attached hydrogen (secondary N) is 1. The van der Waals surface area contributed by atoms with Crippen LogP contribution in [0.4, 0.5) is 0 Å². The number of hydrogen-bond donors (Lipinski definition) is 2. The Morgan fingerprint density at radius 2 is 1.89 bits per heavy atom. The lowest BCUT2D eigenvalue weighted by atomic mass is 9.94. The minimum Gasteiger partial charge on any atom is -0.353 e. The average molecular weight is 303 g/mol. The molecule has 0 aromatic heterocycles. The van der Waals surface area contributed by atoms with Crippen molar-refractivity contribution in [2.75, 3.05) is 12.0 Å². The minimum atomic E-state index is -0.257. The Hall–Kier alpha value is -0.710. The smallest absolute Gasteiger partial charge is 0.224 e. The van der Waals surface area contributed by atoms with Crippen LogP contribution in [0.1, 0.15) is 25.5 Å². The first-order chi connectivity index (χ1) is 8.56. The molecule has 1 amide bonds. The summed E-state index contributed by atoms with van der Waals surface area (Å²) in [5.74, 6) is 0.712. The zero-order chi connectivity index (χ0) is 13.5. The number of carbonyl (C=O) groups is 1. The lowest BCUT2D eigenvalue weighted by molar-refractivity contribution is -0.125. The molecule has 0 aliphatic carbocycles. The molecule has 1 rings (SSSR count). The molecule has 1 aromatic carbocycles. The van der Waals surface area contributed by atoms with Crippen molar-refractivity contribution in [3.8, 4) is 0 Å². The molecule has 0 fully saturated rings. The SMILES string of the molecule is CSCC(C)NC(=O)C(C)C(N)c1ccccc1.Cl. The zero-order valence-electron chi connectivity index (χ0n) is 11.6. The highest BCUT2D eigenvalue weighted by atomic mass is 35.5. The zero-order valence-corrected chi connectivity index (χ0v) is 13.3. The third-order valence-electron chi connectivity index (χ3n) is 2.94. The van der Waals surface area contributed by atoms with Crippen molar-refractivity contribution >= 4 is 30.1 Å². The van der Waals surface area contributed by atoms with E-state index < -0.39 is 0 Å². The van der Waals surface area contributed by atoms with Crippen molar-refractivity contribution in [3.05, 3.63) is 35.9 Å². The van der Waals surface area contributed by atoms with Gasteiger partial charge in [-0.1, -0.05) is 37.3 Å². The monoisotopic (exact) mass is 302 g/mol. The molecule has 3 N–H and O–H groups in total. The van der Waals surface area contributed by atoms with Gasteiger partial charge in [0.05, 0.1) is 5.92 Å². The normalized spacial score (nSPS) is 14.9. The molecular formula is C14H23ClN2OS. The molecule has 3 nitrogen and oxygen atoms in total. The number of thioether (sulfide) groups is 1. The van der Waals surface area contributed by atoms with Crippen LogP contribution in [-0.2, 0) is 4.79 Å². The van der Waals surface area contributed by atoms with E-state index in [9.17, 15) is 4.79 Å². The molecule has 0 spiro atoms. The van der Waals surface area contributed by atoms with Crippen molar-refractivity contribution in [2.45, 2.75) is 25.9 Å². The Morgan fingerprint density at radius 3 is 2.42 bits per heavy atom. The van der Waals surface area contributed by atoms with Gasteiger partial charge in [-0.15, -0.1) is 12.4 Å². The second-order valence-electron chi connectivity index (χ2n) is 4.59. The van der Waals surface area contributed by atoms with E-state index >= 15 is 0 Å². The highest BCUT2D eigenvalue weighted by Gasteiger charge is 2.22. The molecule has 108 valence electrons. The summed E-state index contributed by atoms with van der Waals surface area (Å²) in [7, 11) is 0. The second-order valence-corrected chi connectivity index (χ2v) is 5.50. The van der Waals surface area contributed by atoms with Gasteiger partial charge in [0.15, 0.2) is 0 Å². The molecule has 0 radical (unpaired) electrons. The van der Waals surface area contributed by atoms with E-state index in [2.05, 4.69) is 5.32 Å². The summed E-state index contributed by atoms with van der Waals surface area (Å²) in [6.07, 6.45) is 2.03. The van der Waals surface area contributed by atoms with Crippen LogP contribution in [0.15, 0.2) is 30.3 Å². The third kappa shape index (κ3) is 5.85.